The van der Waals surface area contributed by atoms with Gasteiger partial charge in [0.15, 0.2) is 0 Å². The van der Waals surface area contributed by atoms with E-state index in [0.717, 1.165) is 12.0 Å². The van der Waals surface area contributed by atoms with Crippen LogP contribution in [0.1, 0.15) is 77.0 Å². The topological polar surface area (TPSA) is 6.48 Å². The van der Waals surface area contributed by atoms with E-state index in [2.05, 4.69) is 9.80 Å². The molecule has 1 heterocycles. The second kappa shape index (κ2) is 10.2. The van der Waals surface area contributed by atoms with Crippen molar-refractivity contribution in [3.63, 3.8) is 0 Å². The number of nitrogens with zero attached hydrogens (tertiary/aromatic N) is 2. The Kier molecular flexibility index (Phi) is 8.56. The van der Waals surface area contributed by atoms with Crippen LogP contribution >= 0.6 is 12.4 Å². The largest absolute Gasteiger partial charge is 0.301 e. The minimum atomic E-state index is 0. The Morgan fingerprint density at radius 1 is 0.682 bits per heavy atom. The highest BCUT2D eigenvalue weighted by Crippen LogP contribution is 2.27. The summed E-state index contributed by atoms with van der Waals surface area (Å²) in [5.41, 5.74) is 0. The smallest absolute Gasteiger partial charge is 0.0113 e. The molecule has 0 aromatic rings. The van der Waals surface area contributed by atoms with Crippen LogP contribution in [0.3, 0.4) is 0 Å². The first-order valence-electron chi connectivity index (χ1n) is 9.88. The number of piperazine rings is 1. The predicted molar refractivity (Wildman–Crippen MR) is 97.9 cm³/mol. The Labute approximate surface area is 144 Å². The van der Waals surface area contributed by atoms with Gasteiger partial charge in [-0.15, -0.1) is 12.4 Å². The molecule has 3 aliphatic rings. The van der Waals surface area contributed by atoms with Gasteiger partial charge in [0.1, 0.15) is 0 Å². The quantitative estimate of drug-likeness (QED) is 0.720. The number of halogens is 1. The zero-order valence-corrected chi connectivity index (χ0v) is 15.3. The van der Waals surface area contributed by atoms with Gasteiger partial charge in [0.2, 0.25) is 0 Å². The van der Waals surface area contributed by atoms with Crippen LogP contribution in [-0.4, -0.2) is 48.6 Å². The summed E-state index contributed by atoms with van der Waals surface area (Å²) in [4.78, 5) is 5.54. The molecule has 1 saturated heterocycles. The number of hydrogen-bond acceptors (Lipinski definition) is 2. The van der Waals surface area contributed by atoms with E-state index in [1.54, 1.807) is 0 Å². The monoisotopic (exact) mass is 328 g/mol. The molecular weight excluding hydrogens is 292 g/mol. The van der Waals surface area contributed by atoms with Crippen LogP contribution in [0.15, 0.2) is 0 Å². The van der Waals surface area contributed by atoms with Gasteiger partial charge in [0.05, 0.1) is 0 Å². The van der Waals surface area contributed by atoms with Crippen LogP contribution in [0.2, 0.25) is 0 Å². The lowest BCUT2D eigenvalue weighted by atomic mass is 9.86. The molecule has 0 aromatic heterocycles. The van der Waals surface area contributed by atoms with Crippen molar-refractivity contribution in [1.29, 1.82) is 0 Å². The van der Waals surface area contributed by atoms with Gasteiger partial charge in [-0.2, -0.15) is 0 Å². The molecule has 0 aromatic carbocycles. The summed E-state index contributed by atoms with van der Waals surface area (Å²) in [6, 6.07) is 0.933. The highest BCUT2D eigenvalue weighted by Gasteiger charge is 2.24. The molecule has 0 spiro atoms. The van der Waals surface area contributed by atoms with Gasteiger partial charge < -0.3 is 4.90 Å². The molecule has 0 bridgehead atoms. The van der Waals surface area contributed by atoms with Gasteiger partial charge in [0, 0.05) is 32.2 Å². The molecule has 2 saturated carbocycles. The van der Waals surface area contributed by atoms with Crippen LogP contribution < -0.4 is 0 Å². The van der Waals surface area contributed by atoms with Crippen LogP contribution in [0.5, 0.6) is 0 Å². The van der Waals surface area contributed by atoms with Crippen molar-refractivity contribution in [2.75, 3.05) is 32.7 Å². The first-order valence-corrected chi connectivity index (χ1v) is 9.88. The lowest BCUT2D eigenvalue weighted by molar-refractivity contribution is 0.0772. The lowest BCUT2D eigenvalue weighted by Gasteiger charge is -2.41. The Bertz CT molecular complexity index is 274. The SMILES string of the molecule is C1CCC(CCCN2CCN(C3CCCCC3)CC2)CC1.Cl. The summed E-state index contributed by atoms with van der Waals surface area (Å²) >= 11 is 0. The average Bonchev–Trinajstić information content (AvgIpc) is 2.57. The van der Waals surface area contributed by atoms with Crippen molar-refractivity contribution >= 4 is 12.4 Å². The Morgan fingerprint density at radius 2 is 1.27 bits per heavy atom. The maximum absolute atomic E-state index is 2.80. The van der Waals surface area contributed by atoms with E-state index in [-0.39, 0.29) is 12.4 Å². The zero-order chi connectivity index (χ0) is 14.3. The molecule has 0 amide bonds. The first-order chi connectivity index (χ1) is 10.4. The van der Waals surface area contributed by atoms with E-state index < -0.39 is 0 Å². The van der Waals surface area contributed by atoms with Crippen molar-refractivity contribution in [2.24, 2.45) is 5.92 Å². The van der Waals surface area contributed by atoms with Gasteiger partial charge >= 0.3 is 0 Å². The summed E-state index contributed by atoms with van der Waals surface area (Å²) in [5.74, 6) is 1.07. The third-order valence-electron chi connectivity index (χ3n) is 6.31. The van der Waals surface area contributed by atoms with E-state index in [1.165, 1.54) is 110 Å². The van der Waals surface area contributed by atoms with Crippen LogP contribution in [-0.2, 0) is 0 Å². The van der Waals surface area contributed by atoms with Gasteiger partial charge in [-0.3, -0.25) is 4.90 Å². The fraction of sp³-hybridized carbons (Fsp3) is 1.00. The fourth-order valence-electron chi connectivity index (χ4n) is 4.88. The highest BCUT2D eigenvalue weighted by atomic mass is 35.5. The molecule has 2 aliphatic carbocycles. The molecule has 3 heteroatoms. The van der Waals surface area contributed by atoms with Crippen molar-refractivity contribution < 1.29 is 0 Å². The van der Waals surface area contributed by atoms with Crippen LogP contribution in [0.25, 0.3) is 0 Å². The molecule has 0 atom stereocenters. The predicted octanol–water partition coefficient (Wildman–Crippen LogP) is 4.72. The van der Waals surface area contributed by atoms with Gasteiger partial charge in [0.25, 0.3) is 0 Å². The summed E-state index contributed by atoms with van der Waals surface area (Å²) < 4.78 is 0. The molecule has 2 nitrogen and oxygen atoms in total. The molecule has 22 heavy (non-hydrogen) atoms. The van der Waals surface area contributed by atoms with Crippen molar-refractivity contribution in [3.05, 3.63) is 0 Å². The highest BCUT2D eigenvalue weighted by molar-refractivity contribution is 5.85. The normalized spacial score (nSPS) is 26.7. The Balaban J connectivity index is 0.00000176. The van der Waals surface area contributed by atoms with Gasteiger partial charge in [-0.1, -0.05) is 51.4 Å². The molecule has 0 N–H and O–H groups in total. The zero-order valence-electron chi connectivity index (χ0n) is 14.5. The Morgan fingerprint density at radius 3 is 1.91 bits per heavy atom. The van der Waals surface area contributed by atoms with Crippen LogP contribution in [0.4, 0.5) is 0 Å². The maximum atomic E-state index is 2.80. The fourth-order valence-corrected chi connectivity index (χ4v) is 4.88. The third-order valence-corrected chi connectivity index (χ3v) is 6.31. The summed E-state index contributed by atoms with van der Waals surface area (Å²) in [5, 5.41) is 0. The van der Waals surface area contributed by atoms with E-state index in [4.69, 9.17) is 0 Å². The van der Waals surface area contributed by atoms with E-state index in [0.29, 0.717) is 0 Å². The molecule has 1 aliphatic heterocycles. The van der Waals surface area contributed by atoms with E-state index in [9.17, 15) is 0 Å². The van der Waals surface area contributed by atoms with Crippen molar-refractivity contribution in [2.45, 2.75) is 83.1 Å². The van der Waals surface area contributed by atoms with Gasteiger partial charge in [-0.05, 0) is 38.1 Å². The summed E-state index contributed by atoms with van der Waals surface area (Å²) in [7, 11) is 0. The molecule has 130 valence electrons. The number of rotatable bonds is 5. The lowest BCUT2D eigenvalue weighted by Crippen LogP contribution is -2.50. The Hall–Kier alpha value is 0.210. The summed E-state index contributed by atoms with van der Waals surface area (Å²) in [6.07, 6.45) is 17.9. The number of hydrogen-bond donors (Lipinski definition) is 0. The van der Waals surface area contributed by atoms with Gasteiger partial charge in [-0.25, -0.2) is 0 Å². The van der Waals surface area contributed by atoms with E-state index >= 15 is 0 Å². The molecule has 3 rings (SSSR count). The summed E-state index contributed by atoms with van der Waals surface area (Å²) in [6.45, 7) is 6.72. The van der Waals surface area contributed by atoms with Crippen molar-refractivity contribution in [3.8, 4) is 0 Å². The first kappa shape index (κ1) is 18.5. The molecular formula is C19H37ClN2. The van der Waals surface area contributed by atoms with E-state index in [1.807, 2.05) is 0 Å². The molecule has 3 fully saturated rings. The molecule has 0 unspecified atom stereocenters. The average molecular weight is 329 g/mol. The third kappa shape index (κ3) is 5.69. The minimum Gasteiger partial charge on any atom is -0.301 e. The van der Waals surface area contributed by atoms with Crippen molar-refractivity contribution in [1.82, 2.24) is 9.80 Å². The molecule has 0 radical (unpaired) electrons. The second-order valence-corrected chi connectivity index (χ2v) is 7.82. The van der Waals surface area contributed by atoms with Crippen LogP contribution in [0, 0.1) is 5.92 Å². The minimum absolute atomic E-state index is 0. The second-order valence-electron chi connectivity index (χ2n) is 7.82. The maximum Gasteiger partial charge on any atom is 0.0113 e. The standard InChI is InChI=1S/C19H36N2.ClH/c1-3-8-18(9-4-1)10-7-13-20-14-16-21(17-15-20)19-11-5-2-6-12-19;/h18-19H,1-17H2;1H.